The van der Waals surface area contributed by atoms with Crippen LogP contribution in [-0.2, 0) is 0 Å². The quantitative estimate of drug-likeness (QED) is 0.171. The summed E-state index contributed by atoms with van der Waals surface area (Å²) in [7, 11) is 0. The molecule has 0 unspecified atom stereocenters. The fraction of sp³-hybridized carbons (Fsp3) is 0. The van der Waals surface area contributed by atoms with E-state index >= 15 is 0 Å². The van der Waals surface area contributed by atoms with Crippen LogP contribution in [0.3, 0.4) is 0 Å². The molecule has 262 valence electrons. The molecule has 3 heterocycles. The van der Waals surface area contributed by atoms with Gasteiger partial charge in [0, 0.05) is 53.3 Å². The second-order valence-electron chi connectivity index (χ2n) is 14.1. The van der Waals surface area contributed by atoms with Gasteiger partial charge in [0.05, 0.1) is 11.0 Å². The van der Waals surface area contributed by atoms with Crippen molar-refractivity contribution in [3.63, 3.8) is 0 Å². The van der Waals surface area contributed by atoms with E-state index in [0.29, 0.717) is 17.5 Å². The van der Waals surface area contributed by atoms with Gasteiger partial charge in [-0.15, -0.1) is 11.3 Å². The average molecular weight is 733 g/mol. The Morgan fingerprint density at radius 1 is 0.304 bits per heavy atom. The van der Waals surface area contributed by atoms with Gasteiger partial charge >= 0.3 is 0 Å². The highest BCUT2D eigenvalue weighted by Crippen LogP contribution is 2.40. The molecular weight excluding hydrogens is 701 g/mol. The van der Waals surface area contributed by atoms with Crippen LogP contribution in [0.1, 0.15) is 0 Å². The number of para-hydroxylation sites is 1. The Labute approximate surface area is 327 Å². The molecule has 0 saturated heterocycles. The van der Waals surface area contributed by atoms with Gasteiger partial charge < -0.3 is 4.57 Å². The molecule has 0 N–H and O–H groups in total. The maximum Gasteiger partial charge on any atom is 0.164 e. The summed E-state index contributed by atoms with van der Waals surface area (Å²) >= 11 is 1.81. The molecule has 0 aliphatic heterocycles. The lowest BCUT2D eigenvalue weighted by Gasteiger charge is -2.10. The minimum atomic E-state index is 0.664. The van der Waals surface area contributed by atoms with Crippen LogP contribution < -0.4 is 0 Å². The van der Waals surface area contributed by atoms with Gasteiger partial charge in [0.1, 0.15) is 0 Å². The lowest BCUT2D eigenvalue weighted by atomic mass is 10.0. The highest BCUT2D eigenvalue weighted by molar-refractivity contribution is 7.25. The van der Waals surface area contributed by atoms with Crippen molar-refractivity contribution in [1.29, 1.82) is 0 Å². The first-order chi connectivity index (χ1) is 27.7. The summed E-state index contributed by atoms with van der Waals surface area (Å²) in [6.07, 6.45) is 0. The van der Waals surface area contributed by atoms with Crippen LogP contribution in [-0.4, -0.2) is 19.5 Å². The van der Waals surface area contributed by atoms with E-state index in [1.807, 2.05) is 60.7 Å². The van der Waals surface area contributed by atoms with Crippen LogP contribution in [0.15, 0.2) is 194 Å². The maximum absolute atomic E-state index is 4.98. The van der Waals surface area contributed by atoms with Crippen LogP contribution in [0.25, 0.3) is 104 Å². The second-order valence-corrected chi connectivity index (χ2v) is 15.1. The Kier molecular flexibility index (Phi) is 7.64. The topological polar surface area (TPSA) is 43.6 Å². The number of hydrogen-bond donors (Lipinski definition) is 0. The van der Waals surface area contributed by atoms with Crippen molar-refractivity contribution in [3.8, 4) is 62.1 Å². The summed E-state index contributed by atoms with van der Waals surface area (Å²) in [6, 6.07) is 68.8. The maximum atomic E-state index is 4.98. The lowest BCUT2D eigenvalue weighted by Crippen LogP contribution is -1.99. The fourth-order valence-corrected chi connectivity index (χ4v) is 9.02. The Hall–Kier alpha value is -7.21. The predicted octanol–water partition coefficient (Wildman–Crippen LogP) is 13.7. The molecular formula is C51H32N4S. The van der Waals surface area contributed by atoms with E-state index in [2.05, 4.69) is 138 Å². The van der Waals surface area contributed by atoms with E-state index < -0.39 is 0 Å². The molecule has 56 heavy (non-hydrogen) atoms. The summed E-state index contributed by atoms with van der Waals surface area (Å²) < 4.78 is 4.84. The number of hydrogen-bond acceptors (Lipinski definition) is 4. The zero-order valence-electron chi connectivity index (χ0n) is 30.2. The molecule has 11 aromatic rings. The summed E-state index contributed by atoms with van der Waals surface area (Å²) in [5, 5.41) is 4.97. The van der Waals surface area contributed by atoms with Crippen LogP contribution in [0, 0.1) is 0 Å². The third-order valence-electron chi connectivity index (χ3n) is 10.7. The van der Waals surface area contributed by atoms with E-state index in [0.717, 1.165) is 22.4 Å². The van der Waals surface area contributed by atoms with Gasteiger partial charge in [0.15, 0.2) is 17.5 Å². The van der Waals surface area contributed by atoms with Gasteiger partial charge in [-0.3, -0.25) is 0 Å². The van der Waals surface area contributed by atoms with Crippen molar-refractivity contribution in [2.24, 2.45) is 0 Å². The van der Waals surface area contributed by atoms with Crippen LogP contribution in [0.5, 0.6) is 0 Å². The summed E-state index contributed by atoms with van der Waals surface area (Å²) in [5.74, 6) is 1.99. The molecule has 3 aromatic heterocycles. The van der Waals surface area contributed by atoms with Crippen LogP contribution >= 0.6 is 11.3 Å². The first kappa shape index (κ1) is 32.2. The number of nitrogens with zero attached hydrogens (tertiary/aromatic N) is 4. The first-order valence-electron chi connectivity index (χ1n) is 18.8. The van der Waals surface area contributed by atoms with Gasteiger partial charge in [-0.25, -0.2) is 15.0 Å². The molecule has 0 saturated carbocycles. The summed E-state index contributed by atoms with van der Waals surface area (Å²) in [4.78, 5) is 14.8. The van der Waals surface area contributed by atoms with Gasteiger partial charge in [-0.1, -0.05) is 146 Å². The van der Waals surface area contributed by atoms with Crippen molar-refractivity contribution >= 4 is 53.3 Å². The van der Waals surface area contributed by atoms with E-state index in [1.54, 1.807) is 11.3 Å². The van der Waals surface area contributed by atoms with Crippen molar-refractivity contribution in [2.75, 3.05) is 0 Å². The smallest absolute Gasteiger partial charge is 0.164 e. The molecule has 0 amide bonds. The van der Waals surface area contributed by atoms with Gasteiger partial charge in [0.25, 0.3) is 0 Å². The second kappa shape index (κ2) is 13.3. The largest absolute Gasteiger partial charge is 0.309 e. The molecule has 0 aliphatic carbocycles. The highest BCUT2D eigenvalue weighted by Gasteiger charge is 2.16. The number of aromatic nitrogens is 4. The van der Waals surface area contributed by atoms with Crippen molar-refractivity contribution in [3.05, 3.63) is 194 Å². The number of thiophene rings is 1. The molecule has 0 aliphatic rings. The van der Waals surface area contributed by atoms with Crippen molar-refractivity contribution in [1.82, 2.24) is 19.5 Å². The minimum absolute atomic E-state index is 0.664. The molecule has 0 spiro atoms. The average Bonchev–Trinajstić information content (AvgIpc) is 3.82. The first-order valence-corrected chi connectivity index (χ1v) is 19.6. The molecule has 0 fully saturated rings. The Bertz CT molecular complexity index is 3160. The fourth-order valence-electron chi connectivity index (χ4n) is 7.90. The molecule has 11 rings (SSSR count). The van der Waals surface area contributed by atoms with E-state index in [-0.39, 0.29) is 0 Å². The van der Waals surface area contributed by atoms with Crippen molar-refractivity contribution in [2.45, 2.75) is 0 Å². The van der Waals surface area contributed by atoms with Crippen LogP contribution in [0.4, 0.5) is 0 Å². The molecule has 0 bridgehead atoms. The molecule has 5 heteroatoms. The Morgan fingerprint density at radius 2 is 0.804 bits per heavy atom. The lowest BCUT2D eigenvalue weighted by molar-refractivity contribution is 1.07. The molecule has 0 atom stereocenters. The van der Waals surface area contributed by atoms with E-state index in [1.165, 1.54) is 64.2 Å². The zero-order valence-corrected chi connectivity index (χ0v) is 31.0. The van der Waals surface area contributed by atoms with E-state index in [4.69, 9.17) is 15.0 Å². The van der Waals surface area contributed by atoms with Gasteiger partial charge in [-0.2, -0.15) is 0 Å². The number of rotatable bonds is 6. The number of benzene rings is 8. The zero-order chi connectivity index (χ0) is 37.0. The SMILES string of the molecule is c1ccc(-c2ccc(-n3c4ccccc4c4cc(-c5ccc6sc7cc(-c8nc(-c9ccccc9)nc(-c9ccccc9)n8)ccc7c6c5)ccc43)cc2)cc1. The highest BCUT2D eigenvalue weighted by atomic mass is 32.1. The molecule has 8 aromatic carbocycles. The standard InChI is InChI=1S/C51H32N4S/c1-4-12-33(13-5-1)34-20-25-40(26-21-34)55-45-19-11-10-18-41(45)43-30-37(23-28-46(43)55)38-24-29-47-44(31-38)42-27-22-39(32-48(42)56-47)51-53-49(35-14-6-2-7-15-35)52-50(54-51)36-16-8-3-9-17-36/h1-32H. The minimum Gasteiger partial charge on any atom is -0.309 e. The van der Waals surface area contributed by atoms with Crippen LogP contribution in [0.2, 0.25) is 0 Å². The van der Waals surface area contributed by atoms with E-state index in [9.17, 15) is 0 Å². The Balaban J connectivity index is 0.981. The van der Waals surface area contributed by atoms with Crippen molar-refractivity contribution < 1.29 is 0 Å². The monoisotopic (exact) mass is 732 g/mol. The Morgan fingerprint density at radius 3 is 1.48 bits per heavy atom. The van der Waals surface area contributed by atoms with Gasteiger partial charge in [0.2, 0.25) is 0 Å². The van der Waals surface area contributed by atoms with Gasteiger partial charge in [-0.05, 0) is 70.8 Å². The number of fused-ring (bicyclic) bond motifs is 6. The predicted molar refractivity (Wildman–Crippen MR) is 234 cm³/mol. The summed E-state index contributed by atoms with van der Waals surface area (Å²) in [5.41, 5.74) is 11.3. The molecule has 4 nitrogen and oxygen atoms in total. The third kappa shape index (κ3) is 5.56. The third-order valence-corrected chi connectivity index (χ3v) is 11.8. The molecule has 0 radical (unpaired) electrons. The summed E-state index contributed by atoms with van der Waals surface area (Å²) in [6.45, 7) is 0. The normalized spacial score (nSPS) is 11.6.